The van der Waals surface area contributed by atoms with Crippen LogP contribution in [-0.4, -0.2) is 34.6 Å². The van der Waals surface area contributed by atoms with Gasteiger partial charge in [-0.25, -0.2) is 0 Å². The molecule has 7 heteroatoms. The summed E-state index contributed by atoms with van der Waals surface area (Å²) in [5.74, 6) is 0.771. The van der Waals surface area contributed by atoms with Crippen molar-refractivity contribution in [1.29, 1.82) is 0 Å². The zero-order valence-electron chi connectivity index (χ0n) is 17.5. The molecule has 2 atom stereocenters. The largest absolute Gasteiger partial charge is 0.352 e. The predicted molar refractivity (Wildman–Crippen MR) is 127 cm³/mol. The molecular weight excluding hydrogens is 439 g/mol. The van der Waals surface area contributed by atoms with Gasteiger partial charge in [0.25, 0.3) is 0 Å². The molecule has 0 aliphatic rings. The predicted octanol–water partition coefficient (Wildman–Crippen LogP) is 5.56. The average Bonchev–Trinajstić information content (AvgIpc) is 2.74. The lowest BCUT2D eigenvalue weighted by molar-refractivity contribution is -0.138. The summed E-state index contributed by atoms with van der Waals surface area (Å²) in [7, 11) is 0. The highest BCUT2D eigenvalue weighted by Gasteiger charge is 2.26. The fourth-order valence-corrected chi connectivity index (χ4v) is 3.88. The minimum atomic E-state index is -0.571. The number of carbonyl (C=O) groups excluding carboxylic acids is 2. The topological polar surface area (TPSA) is 49.4 Å². The van der Waals surface area contributed by atoms with Crippen LogP contribution in [0.25, 0.3) is 0 Å². The number of carbonyl (C=O) groups is 2. The Morgan fingerprint density at radius 3 is 2.03 bits per heavy atom. The van der Waals surface area contributed by atoms with Gasteiger partial charge in [-0.3, -0.25) is 9.59 Å². The molecule has 0 radical (unpaired) electrons. The molecule has 4 nitrogen and oxygen atoms in total. The fourth-order valence-electron chi connectivity index (χ4n) is 2.75. The number of halogens is 2. The number of nitrogens with zero attached hydrogens (tertiary/aromatic N) is 1. The van der Waals surface area contributed by atoms with Crippen LogP contribution in [0.15, 0.2) is 48.5 Å². The second-order valence-electron chi connectivity index (χ2n) is 7.26. The maximum Gasteiger partial charge on any atom is 0.242 e. The zero-order valence-corrected chi connectivity index (χ0v) is 19.9. The van der Waals surface area contributed by atoms with E-state index >= 15 is 0 Å². The highest BCUT2D eigenvalue weighted by molar-refractivity contribution is 7.99. The van der Waals surface area contributed by atoms with Gasteiger partial charge in [0, 0.05) is 28.4 Å². The number of rotatable bonds is 10. The Bertz CT molecular complexity index is 828. The van der Waals surface area contributed by atoms with Gasteiger partial charge in [-0.1, -0.05) is 54.4 Å². The van der Waals surface area contributed by atoms with E-state index in [-0.39, 0.29) is 23.6 Å². The number of hydrogen-bond acceptors (Lipinski definition) is 3. The van der Waals surface area contributed by atoms with Crippen LogP contribution in [-0.2, 0) is 21.9 Å². The first-order chi connectivity index (χ1) is 14.3. The Morgan fingerprint density at radius 2 is 1.50 bits per heavy atom. The lowest BCUT2D eigenvalue weighted by Gasteiger charge is -2.29. The standard InChI is InChI=1S/C23H28Cl2N2O2S/c1-4-16(2)26-23(29)17(3)27(13-18-5-9-20(24)10-6-18)22(28)15-30-14-19-7-11-21(25)12-8-19/h5-12,16-17H,4,13-15H2,1-3H3,(H,26,29)/t16-,17-/m1/s1. The molecule has 0 fully saturated rings. The molecule has 0 heterocycles. The first-order valence-electron chi connectivity index (χ1n) is 9.96. The molecule has 2 amide bonds. The Hall–Kier alpha value is -1.69. The zero-order chi connectivity index (χ0) is 22.1. The van der Waals surface area contributed by atoms with Gasteiger partial charge in [0.05, 0.1) is 5.75 Å². The van der Waals surface area contributed by atoms with Crippen LogP contribution in [0.2, 0.25) is 10.0 Å². The summed E-state index contributed by atoms with van der Waals surface area (Å²) in [6.07, 6.45) is 0.834. The van der Waals surface area contributed by atoms with Crippen LogP contribution >= 0.6 is 35.0 Å². The summed E-state index contributed by atoms with van der Waals surface area (Å²) >= 11 is 13.4. The van der Waals surface area contributed by atoms with Crippen molar-refractivity contribution in [2.24, 2.45) is 0 Å². The van der Waals surface area contributed by atoms with Gasteiger partial charge < -0.3 is 10.2 Å². The van der Waals surface area contributed by atoms with Crippen LogP contribution in [0.3, 0.4) is 0 Å². The van der Waals surface area contributed by atoms with Crippen LogP contribution in [0.4, 0.5) is 0 Å². The summed E-state index contributed by atoms with van der Waals surface area (Å²) in [4.78, 5) is 27.4. The van der Waals surface area contributed by atoms with E-state index in [0.717, 1.165) is 17.5 Å². The fraction of sp³-hybridized carbons (Fsp3) is 0.391. The van der Waals surface area contributed by atoms with Crippen LogP contribution in [0.5, 0.6) is 0 Å². The highest BCUT2D eigenvalue weighted by Crippen LogP contribution is 2.18. The molecule has 2 aromatic carbocycles. The van der Waals surface area contributed by atoms with Crippen LogP contribution in [0.1, 0.15) is 38.3 Å². The van der Waals surface area contributed by atoms with Gasteiger partial charge in [-0.05, 0) is 55.7 Å². The van der Waals surface area contributed by atoms with Crippen molar-refractivity contribution in [2.75, 3.05) is 5.75 Å². The molecule has 162 valence electrons. The number of amides is 2. The molecule has 0 bridgehead atoms. The summed E-state index contributed by atoms with van der Waals surface area (Å²) in [6.45, 7) is 6.10. The van der Waals surface area contributed by atoms with Gasteiger partial charge in [0.15, 0.2) is 0 Å². The molecule has 2 aromatic rings. The molecule has 0 aromatic heterocycles. The molecule has 0 aliphatic heterocycles. The molecule has 0 aliphatic carbocycles. The van der Waals surface area contributed by atoms with E-state index in [1.54, 1.807) is 24.0 Å². The Kier molecular flexibility index (Phi) is 10.0. The van der Waals surface area contributed by atoms with Crippen molar-refractivity contribution < 1.29 is 9.59 Å². The third kappa shape index (κ3) is 7.86. The van der Waals surface area contributed by atoms with E-state index in [1.807, 2.05) is 50.2 Å². The second kappa shape index (κ2) is 12.2. The number of benzene rings is 2. The quantitative estimate of drug-likeness (QED) is 0.498. The van der Waals surface area contributed by atoms with Crippen molar-refractivity contribution in [2.45, 2.75) is 51.6 Å². The third-order valence-electron chi connectivity index (χ3n) is 4.84. The monoisotopic (exact) mass is 466 g/mol. The molecule has 1 N–H and O–H groups in total. The van der Waals surface area contributed by atoms with E-state index in [2.05, 4.69) is 5.32 Å². The van der Waals surface area contributed by atoms with E-state index in [1.165, 1.54) is 11.8 Å². The third-order valence-corrected chi connectivity index (χ3v) is 6.33. The summed E-state index contributed by atoms with van der Waals surface area (Å²) in [5, 5.41) is 4.30. The lowest BCUT2D eigenvalue weighted by Crippen LogP contribution is -2.50. The molecule has 0 saturated carbocycles. The SMILES string of the molecule is CC[C@@H](C)NC(=O)[C@@H](C)N(Cc1ccc(Cl)cc1)C(=O)CSCc1ccc(Cl)cc1. The normalized spacial score (nSPS) is 12.8. The average molecular weight is 467 g/mol. The molecule has 0 spiro atoms. The van der Waals surface area contributed by atoms with E-state index in [9.17, 15) is 9.59 Å². The smallest absolute Gasteiger partial charge is 0.242 e. The van der Waals surface area contributed by atoms with Crippen molar-refractivity contribution in [3.63, 3.8) is 0 Å². The maximum absolute atomic E-state index is 13.0. The molecule has 30 heavy (non-hydrogen) atoms. The van der Waals surface area contributed by atoms with Crippen molar-refractivity contribution in [3.05, 3.63) is 69.7 Å². The maximum atomic E-state index is 13.0. The van der Waals surface area contributed by atoms with Crippen LogP contribution < -0.4 is 5.32 Å². The summed E-state index contributed by atoms with van der Waals surface area (Å²) in [5.41, 5.74) is 2.03. The Labute approximate surface area is 193 Å². The van der Waals surface area contributed by atoms with Crippen molar-refractivity contribution in [3.8, 4) is 0 Å². The second-order valence-corrected chi connectivity index (χ2v) is 9.12. The summed E-state index contributed by atoms with van der Waals surface area (Å²) < 4.78 is 0. The van der Waals surface area contributed by atoms with Crippen molar-refractivity contribution >= 4 is 46.8 Å². The number of nitrogens with one attached hydrogen (secondary N) is 1. The van der Waals surface area contributed by atoms with Gasteiger partial charge in [-0.15, -0.1) is 11.8 Å². The van der Waals surface area contributed by atoms with Crippen LogP contribution in [0, 0.1) is 0 Å². The van der Waals surface area contributed by atoms with E-state index < -0.39 is 6.04 Å². The first kappa shape index (κ1) is 24.6. The lowest BCUT2D eigenvalue weighted by atomic mass is 10.1. The van der Waals surface area contributed by atoms with E-state index in [0.29, 0.717) is 22.3 Å². The molecule has 2 rings (SSSR count). The highest BCUT2D eigenvalue weighted by atomic mass is 35.5. The van der Waals surface area contributed by atoms with Gasteiger partial charge in [0.1, 0.15) is 6.04 Å². The Morgan fingerprint density at radius 1 is 0.967 bits per heavy atom. The first-order valence-corrected chi connectivity index (χ1v) is 11.9. The van der Waals surface area contributed by atoms with Gasteiger partial charge >= 0.3 is 0 Å². The number of hydrogen-bond donors (Lipinski definition) is 1. The number of thioether (sulfide) groups is 1. The molecule has 0 saturated heterocycles. The minimum Gasteiger partial charge on any atom is -0.352 e. The Balaban J connectivity index is 2.06. The van der Waals surface area contributed by atoms with E-state index in [4.69, 9.17) is 23.2 Å². The van der Waals surface area contributed by atoms with Crippen molar-refractivity contribution in [1.82, 2.24) is 10.2 Å². The summed E-state index contributed by atoms with van der Waals surface area (Å²) in [6, 6.07) is 14.4. The van der Waals surface area contributed by atoms with Gasteiger partial charge in [-0.2, -0.15) is 0 Å². The molecule has 0 unspecified atom stereocenters. The van der Waals surface area contributed by atoms with Gasteiger partial charge in [0.2, 0.25) is 11.8 Å². The molecular formula is C23H28Cl2N2O2S. The minimum absolute atomic E-state index is 0.0618.